The van der Waals surface area contributed by atoms with Crippen molar-refractivity contribution >= 4 is 38.9 Å². The lowest BCUT2D eigenvalue weighted by Crippen LogP contribution is -2.40. The summed E-state index contributed by atoms with van der Waals surface area (Å²) in [4.78, 5) is 15.7. The molecule has 1 amide bonds. The van der Waals surface area contributed by atoms with Gasteiger partial charge in [0.25, 0.3) is 5.91 Å². The van der Waals surface area contributed by atoms with E-state index in [1.807, 2.05) is 6.92 Å². The lowest BCUT2D eigenvalue weighted by Gasteiger charge is -2.27. The van der Waals surface area contributed by atoms with E-state index in [0.29, 0.717) is 48.3 Å². The third kappa shape index (κ3) is 4.96. The van der Waals surface area contributed by atoms with Crippen LogP contribution in [0.1, 0.15) is 28.8 Å². The molecule has 178 valence electrons. The largest absolute Gasteiger partial charge is 0.495 e. The maximum Gasteiger partial charge on any atom is 0.257 e. The van der Waals surface area contributed by atoms with Crippen LogP contribution in [0.25, 0.3) is 0 Å². The number of ether oxygens (including phenoxy) is 2. The zero-order valence-electron chi connectivity index (χ0n) is 18.8. The molecule has 2 saturated heterocycles. The highest BCUT2D eigenvalue weighted by molar-refractivity contribution is 7.89. The molecule has 0 saturated carbocycles. The Kier molecular flexibility index (Phi) is 7.13. The van der Waals surface area contributed by atoms with Gasteiger partial charge in [-0.05, 0) is 49.6 Å². The number of aryl methyl sites for hydroxylation is 1. The normalized spacial score (nSPS) is 17.2. The molecule has 0 unspecified atom stereocenters. The van der Waals surface area contributed by atoms with E-state index in [2.05, 4.69) is 10.2 Å². The Morgan fingerprint density at radius 1 is 1.09 bits per heavy atom. The molecule has 4 rings (SSSR count). The third-order valence-electron chi connectivity index (χ3n) is 6.00. The number of morpholine rings is 1. The van der Waals surface area contributed by atoms with Crippen molar-refractivity contribution in [3.63, 3.8) is 0 Å². The number of amides is 1. The van der Waals surface area contributed by atoms with E-state index < -0.39 is 15.9 Å². The van der Waals surface area contributed by atoms with Crippen LogP contribution in [0.4, 0.5) is 11.4 Å². The zero-order valence-corrected chi connectivity index (χ0v) is 20.3. The molecule has 0 bridgehead atoms. The van der Waals surface area contributed by atoms with E-state index in [-0.39, 0.29) is 4.90 Å². The highest BCUT2D eigenvalue weighted by Gasteiger charge is 2.29. The molecule has 0 spiro atoms. The van der Waals surface area contributed by atoms with Crippen molar-refractivity contribution in [1.82, 2.24) is 4.31 Å². The Bertz CT molecular complexity index is 1140. The Morgan fingerprint density at radius 3 is 2.45 bits per heavy atom. The van der Waals surface area contributed by atoms with Crippen LogP contribution in [-0.2, 0) is 14.8 Å². The van der Waals surface area contributed by atoms with Crippen LogP contribution in [-0.4, -0.2) is 65.1 Å². The third-order valence-corrected chi connectivity index (χ3v) is 8.30. The minimum absolute atomic E-state index is 0.0942. The summed E-state index contributed by atoms with van der Waals surface area (Å²) in [5, 5.41) is 3.42. The smallest absolute Gasteiger partial charge is 0.257 e. The average molecular weight is 494 g/mol. The number of sulfonamides is 1. The van der Waals surface area contributed by atoms with Crippen LogP contribution in [0.15, 0.2) is 35.2 Å². The van der Waals surface area contributed by atoms with Gasteiger partial charge < -0.3 is 19.7 Å². The molecular weight excluding hydrogens is 466 g/mol. The monoisotopic (exact) mass is 493 g/mol. The van der Waals surface area contributed by atoms with Crippen molar-refractivity contribution in [2.75, 3.05) is 56.7 Å². The van der Waals surface area contributed by atoms with E-state index in [1.165, 1.54) is 17.5 Å². The van der Waals surface area contributed by atoms with Gasteiger partial charge in [-0.1, -0.05) is 11.6 Å². The van der Waals surface area contributed by atoms with Crippen LogP contribution >= 0.6 is 11.6 Å². The van der Waals surface area contributed by atoms with Gasteiger partial charge in [-0.2, -0.15) is 4.31 Å². The van der Waals surface area contributed by atoms with Crippen LogP contribution in [0.2, 0.25) is 5.02 Å². The second-order valence-corrected chi connectivity index (χ2v) is 10.5. The van der Waals surface area contributed by atoms with Gasteiger partial charge in [0.2, 0.25) is 10.0 Å². The van der Waals surface area contributed by atoms with Gasteiger partial charge in [-0.25, -0.2) is 8.42 Å². The summed E-state index contributed by atoms with van der Waals surface area (Å²) < 4.78 is 38.5. The fourth-order valence-electron chi connectivity index (χ4n) is 4.15. The molecule has 8 nitrogen and oxygen atoms in total. The van der Waals surface area contributed by atoms with Gasteiger partial charge in [0.1, 0.15) is 5.75 Å². The predicted octanol–water partition coefficient (Wildman–Crippen LogP) is 3.53. The number of hydrogen-bond acceptors (Lipinski definition) is 6. The van der Waals surface area contributed by atoms with Crippen molar-refractivity contribution in [2.45, 2.75) is 24.7 Å². The number of benzene rings is 2. The van der Waals surface area contributed by atoms with Crippen LogP contribution in [0.5, 0.6) is 5.75 Å². The molecule has 2 heterocycles. The van der Waals surface area contributed by atoms with E-state index in [9.17, 15) is 13.2 Å². The molecule has 2 aromatic carbocycles. The lowest BCUT2D eigenvalue weighted by molar-refractivity contribution is 0.0730. The van der Waals surface area contributed by atoms with Gasteiger partial charge in [-0.3, -0.25) is 4.79 Å². The van der Waals surface area contributed by atoms with E-state index in [4.69, 9.17) is 21.1 Å². The number of methoxy groups -OCH3 is 1. The summed E-state index contributed by atoms with van der Waals surface area (Å²) in [6, 6.07) is 8.18. The van der Waals surface area contributed by atoms with E-state index >= 15 is 0 Å². The molecule has 2 aliphatic heterocycles. The summed E-state index contributed by atoms with van der Waals surface area (Å²) in [6.07, 6.45) is 2.05. The summed E-state index contributed by atoms with van der Waals surface area (Å²) in [5.74, 6) is 0.0229. The Hall–Kier alpha value is -2.33. The number of hydrogen-bond donors (Lipinski definition) is 1. The number of nitrogens with zero attached hydrogens (tertiary/aromatic N) is 2. The SMILES string of the molecule is COc1cc(Cl)c(C)cc1NC(=O)c1cc(S(=O)(=O)N2CCOCC2)ccc1N1CCCC1. The Labute approximate surface area is 199 Å². The first-order chi connectivity index (χ1) is 15.8. The molecule has 1 N–H and O–H groups in total. The van der Waals surface area contributed by atoms with Crippen molar-refractivity contribution in [1.29, 1.82) is 0 Å². The minimum Gasteiger partial charge on any atom is -0.495 e. The molecule has 2 aromatic rings. The fourth-order valence-corrected chi connectivity index (χ4v) is 5.74. The predicted molar refractivity (Wildman–Crippen MR) is 128 cm³/mol. The molecular formula is C23H28ClN3O5S. The van der Waals surface area contributed by atoms with Gasteiger partial charge >= 0.3 is 0 Å². The Balaban J connectivity index is 1.72. The Morgan fingerprint density at radius 2 is 1.79 bits per heavy atom. The summed E-state index contributed by atoms with van der Waals surface area (Å²) in [7, 11) is -2.24. The average Bonchev–Trinajstić information content (AvgIpc) is 3.36. The molecule has 33 heavy (non-hydrogen) atoms. The summed E-state index contributed by atoms with van der Waals surface area (Å²) in [6.45, 7) is 4.77. The molecule has 2 aliphatic rings. The molecule has 2 fully saturated rings. The molecule has 0 aromatic heterocycles. The molecule has 0 aliphatic carbocycles. The maximum absolute atomic E-state index is 13.5. The molecule has 0 radical (unpaired) electrons. The number of carbonyl (C=O) groups excluding carboxylic acids is 1. The van der Waals surface area contributed by atoms with Crippen molar-refractivity contribution in [3.05, 3.63) is 46.5 Å². The highest BCUT2D eigenvalue weighted by Crippen LogP contribution is 2.33. The first-order valence-corrected chi connectivity index (χ1v) is 12.8. The van der Waals surface area contributed by atoms with Crippen LogP contribution in [0, 0.1) is 6.92 Å². The number of nitrogens with one attached hydrogen (secondary N) is 1. The van der Waals surface area contributed by atoms with Gasteiger partial charge in [0.05, 0.1) is 36.5 Å². The molecule has 10 heteroatoms. The van der Waals surface area contributed by atoms with Gasteiger partial charge in [0, 0.05) is 43.0 Å². The zero-order chi connectivity index (χ0) is 23.6. The first-order valence-electron chi connectivity index (χ1n) is 10.9. The van der Waals surface area contributed by atoms with Crippen molar-refractivity contribution in [3.8, 4) is 5.75 Å². The topological polar surface area (TPSA) is 88.2 Å². The minimum atomic E-state index is -3.74. The lowest BCUT2D eigenvalue weighted by atomic mass is 10.1. The maximum atomic E-state index is 13.5. The number of anilines is 2. The number of carbonyl (C=O) groups is 1. The standard InChI is InChI=1S/C23H28ClN3O5S/c1-16-13-20(22(31-2)15-19(16)24)25-23(28)18-14-17(5-6-21(18)26-7-3-4-8-26)33(29,30)27-9-11-32-12-10-27/h5-6,13-15H,3-4,7-12H2,1-2H3,(H,25,28). The summed E-state index contributed by atoms with van der Waals surface area (Å²) >= 11 is 6.19. The van der Waals surface area contributed by atoms with Crippen LogP contribution < -0.4 is 15.0 Å². The number of halogens is 1. The van der Waals surface area contributed by atoms with Crippen LogP contribution in [0.3, 0.4) is 0 Å². The molecule has 0 atom stereocenters. The second kappa shape index (κ2) is 9.89. The quantitative estimate of drug-likeness (QED) is 0.662. The van der Waals surface area contributed by atoms with E-state index in [1.54, 1.807) is 24.3 Å². The van der Waals surface area contributed by atoms with Crippen molar-refractivity contribution < 1.29 is 22.7 Å². The first kappa shape index (κ1) is 23.8. The second-order valence-electron chi connectivity index (χ2n) is 8.15. The van der Waals surface area contributed by atoms with Gasteiger partial charge in [-0.15, -0.1) is 0 Å². The highest BCUT2D eigenvalue weighted by atomic mass is 35.5. The van der Waals surface area contributed by atoms with E-state index in [0.717, 1.165) is 37.2 Å². The number of rotatable bonds is 6. The fraction of sp³-hybridized carbons (Fsp3) is 0.435. The van der Waals surface area contributed by atoms with Crippen molar-refractivity contribution in [2.24, 2.45) is 0 Å². The van der Waals surface area contributed by atoms with Gasteiger partial charge in [0.15, 0.2) is 0 Å². The summed E-state index contributed by atoms with van der Waals surface area (Å²) in [5.41, 5.74) is 2.28.